The predicted octanol–water partition coefficient (Wildman–Crippen LogP) is 3.36. The summed E-state index contributed by atoms with van der Waals surface area (Å²) in [5.41, 5.74) is 0.649. The molecule has 5 nitrogen and oxygen atoms in total. The van der Waals surface area contributed by atoms with Crippen LogP contribution in [0.4, 0.5) is 10.5 Å². The monoisotopic (exact) mass is 326 g/mol. The van der Waals surface area contributed by atoms with E-state index < -0.39 is 0 Å². The molecule has 22 heavy (non-hydrogen) atoms. The molecule has 1 fully saturated rings. The van der Waals surface area contributed by atoms with Crippen molar-refractivity contribution >= 4 is 23.3 Å². The van der Waals surface area contributed by atoms with Crippen LogP contribution in [0.5, 0.6) is 5.75 Å². The van der Waals surface area contributed by atoms with Crippen LogP contribution in [0.3, 0.4) is 0 Å². The van der Waals surface area contributed by atoms with Crippen LogP contribution in [-0.4, -0.2) is 41.8 Å². The van der Waals surface area contributed by atoms with Crippen molar-refractivity contribution in [3.05, 3.63) is 23.2 Å². The summed E-state index contributed by atoms with van der Waals surface area (Å²) >= 11 is 6.16. The molecule has 0 unspecified atom stereocenters. The van der Waals surface area contributed by atoms with Crippen LogP contribution < -0.4 is 10.1 Å². The SMILES string of the molecule is CC(C)Oc1ccc(NC(=O)N2CCC(CO)CC2)cc1Cl. The number of likely N-dealkylation sites (tertiary alicyclic amines) is 1. The fourth-order valence-corrected chi connectivity index (χ4v) is 2.67. The van der Waals surface area contributed by atoms with E-state index in [1.165, 1.54) is 0 Å². The second-order valence-corrected chi connectivity index (χ2v) is 6.26. The average Bonchev–Trinajstić information content (AvgIpc) is 2.49. The molecule has 1 saturated heterocycles. The Balaban J connectivity index is 1.93. The molecule has 2 amide bonds. The number of ether oxygens (including phenoxy) is 1. The fraction of sp³-hybridized carbons (Fsp3) is 0.562. The van der Waals surface area contributed by atoms with Gasteiger partial charge in [-0.25, -0.2) is 4.79 Å². The molecule has 2 rings (SSSR count). The van der Waals surface area contributed by atoms with Crippen LogP contribution in [0, 0.1) is 5.92 Å². The van der Waals surface area contributed by atoms with E-state index >= 15 is 0 Å². The van der Waals surface area contributed by atoms with Gasteiger partial charge < -0.3 is 20.1 Å². The number of rotatable bonds is 4. The third kappa shape index (κ3) is 4.52. The molecule has 0 aromatic heterocycles. The zero-order valence-electron chi connectivity index (χ0n) is 13.0. The van der Waals surface area contributed by atoms with Crippen molar-refractivity contribution in [2.75, 3.05) is 25.0 Å². The van der Waals surface area contributed by atoms with Crippen molar-refractivity contribution < 1.29 is 14.6 Å². The Morgan fingerprint density at radius 3 is 2.68 bits per heavy atom. The van der Waals surface area contributed by atoms with Gasteiger partial charge in [0, 0.05) is 25.4 Å². The van der Waals surface area contributed by atoms with Crippen LogP contribution >= 0.6 is 11.6 Å². The number of anilines is 1. The van der Waals surface area contributed by atoms with Crippen molar-refractivity contribution in [2.24, 2.45) is 5.92 Å². The average molecular weight is 327 g/mol. The molecule has 1 aliphatic heterocycles. The lowest BCUT2D eigenvalue weighted by atomic mass is 9.98. The van der Waals surface area contributed by atoms with E-state index in [-0.39, 0.29) is 18.7 Å². The highest BCUT2D eigenvalue weighted by atomic mass is 35.5. The molecule has 2 N–H and O–H groups in total. The summed E-state index contributed by atoms with van der Waals surface area (Å²) in [6.45, 7) is 5.39. The Kier molecular flexibility index (Phi) is 5.91. The van der Waals surface area contributed by atoms with Gasteiger partial charge >= 0.3 is 6.03 Å². The van der Waals surface area contributed by atoms with E-state index in [0.717, 1.165) is 12.8 Å². The van der Waals surface area contributed by atoms with E-state index in [2.05, 4.69) is 5.32 Å². The van der Waals surface area contributed by atoms with Gasteiger partial charge in [0.1, 0.15) is 5.75 Å². The first kappa shape index (κ1) is 16.9. The van der Waals surface area contributed by atoms with Crippen molar-refractivity contribution in [1.29, 1.82) is 0 Å². The number of amides is 2. The van der Waals surface area contributed by atoms with Gasteiger partial charge in [0.05, 0.1) is 11.1 Å². The van der Waals surface area contributed by atoms with Crippen LogP contribution in [0.2, 0.25) is 5.02 Å². The van der Waals surface area contributed by atoms with Crippen LogP contribution in [0.15, 0.2) is 18.2 Å². The lowest BCUT2D eigenvalue weighted by molar-refractivity contribution is 0.143. The maximum Gasteiger partial charge on any atom is 0.321 e. The molecule has 6 heteroatoms. The molecule has 122 valence electrons. The lowest BCUT2D eigenvalue weighted by Gasteiger charge is -2.31. The predicted molar refractivity (Wildman–Crippen MR) is 87.6 cm³/mol. The lowest BCUT2D eigenvalue weighted by Crippen LogP contribution is -2.41. The summed E-state index contributed by atoms with van der Waals surface area (Å²) in [6, 6.07) is 5.10. The van der Waals surface area contributed by atoms with Gasteiger partial charge in [-0.3, -0.25) is 0 Å². The van der Waals surface area contributed by atoms with Crippen LogP contribution in [0.1, 0.15) is 26.7 Å². The molecule has 1 aliphatic rings. The number of hydrogen-bond donors (Lipinski definition) is 2. The van der Waals surface area contributed by atoms with Gasteiger partial charge in [0.2, 0.25) is 0 Å². The minimum atomic E-state index is -0.134. The van der Waals surface area contributed by atoms with Gasteiger partial charge in [0.15, 0.2) is 0 Å². The van der Waals surface area contributed by atoms with Gasteiger partial charge in [-0.05, 0) is 50.8 Å². The normalized spacial score (nSPS) is 16.0. The fourth-order valence-electron chi connectivity index (χ4n) is 2.45. The molecule has 0 spiro atoms. The standard InChI is InChI=1S/C16H23ClN2O3/c1-11(2)22-15-4-3-13(9-14(15)17)18-16(21)19-7-5-12(10-20)6-8-19/h3-4,9,11-12,20H,5-8,10H2,1-2H3,(H,18,21). The van der Waals surface area contributed by atoms with E-state index in [1.54, 1.807) is 23.1 Å². The minimum absolute atomic E-state index is 0.0470. The summed E-state index contributed by atoms with van der Waals surface area (Å²) in [5, 5.41) is 12.5. The number of piperidine rings is 1. The highest BCUT2D eigenvalue weighted by Gasteiger charge is 2.22. The molecule has 1 heterocycles. The third-order valence-electron chi connectivity index (χ3n) is 3.71. The number of benzene rings is 1. The number of urea groups is 1. The number of halogens is 1. The van der Waals surface area contributed by atoms with Gasteiger partial charge in [-0.1, -0.05) is 11.6 Å². The number of nitrogens with zero attached hydrogens (tertiary/aromatic N) is 1. The van der Waals surface area contributed by atoms with Crippen molar-refractivity contribution in [3.8, 4) is 5.75 Å². The van der Waals surface area contributed by atoms with E-state index in [9.17, 15) is 4.79 Å². The molecule has 0 radical (unpaired) electrons. The van der Waals surface area contributed by atoms with Gasteiger partial charge in [-0.15, -0.1) is 0 Å². The van der Waals surface area contributed by atoms with E-state index in [0.29, 0.717) is 35.5 Å². The Morgan fingerprint density at radius 2 is 2.14 bits per heavy atom. The first-order valence-electron chi connectivity index (χ1n) is 7.62. The van der Waals surface area contributed by atoms with Crippen molar-refractivity contribution in [3.63, 3.8) is 0 Å². The quantitative estimate of drug-likeness (QED) is 0.891. The maximum absolute atomic E-state index is 12.2. The van der Waals surface area contributed by atoms with Gasteiger partial charge in [-0.2, -0.15) is 0 Å². The largest absolute Gasteiger partial charge is 0.489 e. The topological polar surface area (TPSA) is 61.8 Å². The number of hydrogen-bond acceptors (Lipinski definition) is 3. The molecule has 0 saturated carbocycles. The van der Waals surface area contributed by atoms with Crippen molar-refractivity contribution in [2.45, 2.75) is 32.8 Å². The summed E-state index contributed by atoms with van der Waals surface area (Å²) < 4.78 is 5.57. The van der Waals surface area contributed by atoms with Crippen molar-refractivity contribution in [1.82, 2.24) is 4.90 Å². The van der Waals surface area contributed by atoms with E-state index in [4.69, 9.17) is 21.4 Å². The second kappa shape index (κ2) is 7.70. The Labute approximate surface area is 136 Å². The second-order valence-electron chi connectivity index (χ2n) is 5.85. The number of carbonyl (C=O) groups is 1. The van der Waals surface area contributed by atoms with E-state index in [1.807, 2.05) is 13.8 Å². The number of aliphatic hydroxyl groups excluding tert-OH is 1. The molecule has 1 aromatic carbocycles. The maximum atomic E-state index is 12.2. The molecule has 0 atom stereocenters. The summed E-state index contributed by atoms with van der Waals surface area (Å²) in [4.78, 5) is 14.0. The zero-order valence-corrected chi connectivity index (χ0v) is 13.8. The first-order chi connectivity index (χ1) is 10.5. The highest BCUT2D eigenvalue weighted by Crippen LogP contribution is 2.28. The van der Waals surface area contributed by atoms with Crippen LogP contribution in [-0.2, 0) is 0 Å². The third-order valence-corrected chi connectivity index (χ3v) is 4.00. The Bertz CT molecular complexity index is 514. The first-order valence-corrected chi connectivity index (χ1v) is 8.00. The molecule has 0 bridgehead atoms. The minimum Gasteiger partial charge on any atom is -0.489 e. The Morgan fingerprint density at radius 1 is 1.45 bits per heavy atom. The van der Waals surface area contributed by atoms with Crippen LogP contribution in [0.25, 0.3) is 0 Å². The number of nitrogens with one attached hydrogen (secondary N) is 1. The summed E-state index contributed by atoms with van der Waals surface area (Å²) in [7, 11) is 0. The molecular formula is C16H23ClN2O3. The zero-order chi connectivity index (χ0) is 16.1. The summed E-state index contributed by atoms with van der Waals surface area (Å²) in [6.07, 6.45) is 1.73. The number of aliphatic hydroxyl groups is 1. The smallest absolute Gasteiger partial charge is 0.321 e. The van der Waals surface area contributed by atoms with Gasteiger partial charge in [0.25, 0.3) is 0 Å². The highest BCUT2D eigenvalue weighted by molar-refractivity contribution is 6.32. The summed E-state index contributed by atoms with van der Waals surface area (Å²) in [5.74, 6) is 0.921. The molecule has 1 aromatic rings. The molecular weight excluding hydrogens is 304 g/mol. The number of carbonyl (C=O) groups excluding carboxylic acids is 1. The Hall–Kier alpha value is -1.46. The molecule has 0 aliphatic carbocycles.